The third kappa shape index (κ3) is 12.4. The molecule has 11 atom stereocenters. The smallest absolute Gasteiger partial charge is 0.249 e. The zero-order chi connectivity index (χ0) is 44.7. The summed E-state index contributed by atoms with van der Waals surface area (Å²) in [4.78, 5) is 89.9. The van der Waals surface area contributed by atoms with Crippen LogP contribution >= 0.6 is 11.8 Å². The van der Waals surface area contributed by atoms with Crippen LogP contribution in [-0.2, 0) is 48.3 Å². The predicted octanol–water partition coefficient (Wildman–Crippen LogP) is 2.14. The van der Waals surface area contributed by atoms with Gasteiger partial charge in [-0.3, -0.25) is 49.1 Å². The molecule has 0 radical (unpaired) electrons. The first-order valence-corrected chi connectivity index (χ1v) is 26.6. The summed E-state index contributed by atoms with van der Waals surface area (Å²) in [6, 6.07) is -0.611. The maximum atomic E-state index is 13.4. The van der Waals surface area contributed by atoms with Crippen molar-refractivity contribution in [3.63, 3.8) is 0 Å². The molecule has 7 amide bonds. The van der Waals surface area contributed by atoms with Crippen molar-refractivity contribution in [2.75, 3.05) is 44.8 Å². The summed E-state index contributed by atoms with van der Waals surface area (Å²) in [5.74, 6) is -0.291. The number of nitrogens with zero attached hydrogens (tertiary/aromatic N) is 2. The molecule has 0 aromatic heterocycles. The Labute approximate surface area is 376 Å². The van der Waals surface area contributed by atoms with Gasteiger partial charge in [0.05, 0.1) is 36.7 Å². The molecule has 11 unspecified atom stereocenters. The second-order valence-electron chi connectivity index (χ2n) is 19.3. The fourth-order valence-corrected chi connectivity index (χ4v) is 13.7. The van der Waals surface area contributed by atoms with E-state index in [1.807, 2.05) is 0 Å². The predicted molar refractivity (Wildman–Crippen MR) is 234 cm³/mol. The second kappa shape index (κ2) is 21.9. The Morgan fingerprint density at radius 1 is 0.825 bits per heavy atom. The quantitative estimate of drug-likeness (QED) is 0.0985. The SMILES string of the molecule is CS(=O)(=O)N1CCC(C(=O)NCC(=O)NC2NC(C3CCCC(C4CCCC(CNC(=O)CCCCCCOC5CCCC6C(=O)N(C7CCC(=O)NC7=O)C(=O)C56)C4)C3)CS2)C1. The summed E-state index contributed by atoms with van der Waals surface area (Å²) in [5, 5.41) is 14.8. The summed E-state index contributed by atoms with van der Waals surface area (Å²) in [6.07, 6.45) is 17.0. The summed E-state index contributed by atoms with van der Waals surface area (Å²) < 4.78 is 31.1. The number of carbonyl (C=O) groups is 7. The monoisotopic (exact) mass is 919 g/mol. The van der Waals surface area contributed by atoms with E-state index in [1.54, 1.807) is 11.8 Å². The number of sulfonamides is 1. The van der Waals surface area contributed by atoms with Crippen molar-refractivity contribution < 1.29 is 46.7 Å². The molecule has 352 valence electrons. The number of piperidine rings is 1. The van der Waals surface area contributed by atoms with Gasteiger partial charge in [0.2, 0.25) is 51.4 Å². The standard InChI is InChI=1S/C44H69N7O10S2/c1-63(59,60)50-19-18-31(25-50)40(55)46-24-38(54)49-44-47-33(26-62-44)30-12-7-11-29(22-30)28-10-6-9-27(21-28)23-45-36(52)15-4-2-3-5-20-61-35-14-8-13-32-39(35)43(58)51(42(32)57)34-16-17-37(53)48-41(34)56/h27-35,39,44,47H,2-26H2,1H3,(H,45,52)(H,46,55)(H,49,54)(H,48,53,56). The molecule has 4 aliphatic heterocycles. The lowest BCUT2D eigenvalue weighted by Gasteiger charge is -2.40. The summed E-state index contributed by atoms with van der Waals surface area (Å²) in [5.41, 5.74) is -0.208. The number of hydrogen-bond acceptors (Lipinski definition) is 12. The number of nitrogens with one attached hydrogen (secondary N) is 5. The van der Waals surface area contributed by atoms with Crippen molar-refractivity contribution >= 4 is 63.1 Å². The number of ether oxygens (including phenoxy) is 1. The lowest BCUT2D eigenvalue weighted by molar-refractivity contribution is -0.152. The van der Waals surface area contributed by atoms with Gasteiger partial charge in [0.15, 0.2) is 0 Å². The van der Waals surface area contributed by atoms with Crippen LogP contribution in [0.5, 0.6) is 0 Å². The van der Waals surface area contributed by atoms with E-state index < -0.39 is 39.7 Å². The van der Waals surface area contributed by atoms with Crippen LogP contribution in [0, 0.1) is 41.4 Å². The average molecular weight is 920 g/mol. The topological polar surface area (TPSA) is 229 Å². The summed E-state index contributed by atoms with van der Waals surface area (Å²) in [6.45, 7) is 1.53. The average Bonchev–Trinajstić information content (AvgIpc) is 4.02. The van der Waals surface area contributed by atoms with E-state index in [1.165, 1.54) is 42.8 Å². The molecule has 4 heterocycles. The number of carbonyl (C=O) groups excluding carboxylic acids is 7. The van der Waals surface area contributed by atoms with Gasteiger partial charge in [0.25, 0.3) is 0 Å². The van der Waals surface area contributed by atoms with Gasteiger partial charge < -0.3 is 20.7 Å². The third-order valence-electron chi connectivity index (χ3n) is 15.0. The number of likely N-dealkylation sites (tertiary alicyclic amines) is 1. The lowest BCUT2D eigenvalue weighted by atomic mass is 9.67. The normalized spacial score (nSPS) is 34.1. The van der Waals surface area contributed by atoms with Crippen molar-refractivity contribution in [2.24, 2.45) is 41.4 Å². The van der Waals surface area contributed by atoms with Gasteiger partial charge in [-0.05, 0) is 87.9 Å². The summed E-state index contributed by atoms with van der Waals surface area (Å²) in [7, 11) is -3.34. The molecule has 0 bridgehead atoms. The second-order valence-corrected chi connectivity index (χ2v) is 22.4. The van der Waals surface area contributed by atoms with E-state index in [-0.39, 0.29) is 73.0 Å². The molecule has 19 heteroatoms. The number of fused-ring (bicyclic) bond motifs is 1. The van der Waals surface area contributed by atoms with Gasteiger partial charge in [-0.25, -0.2) is 12.7 Å². The minimum Gasteiger partial charge on any atom is -0.377 e. The van der Waals surface area contributed by atoms with Gasteiger partial charge in [-0.15, -0.1) is 11.8 Å². The number of amides is 7. The van der Waals surface area contributed by atoms with Gasteiger partial charge in [-0.2, -0.15) is 0 Å². The molecule has 7 aliphatic rings. The molecule has 0 aromatic rings. The molecule has 4 saturated heterocycles. The molecule has 17 nitrogen and oxygen atoms in total. The van der Waals surface area contributed by atoms with Crippen LogP contribution in [0.2, 0.25) is 0 Å². The van der Waals surface area contributed by atoms with E-state index in [0.29, 0.717) is 68.5 Å². The zero-order valence-corrected chi connectivity index (χ0v) is 38.5. The molecule has 7 rings (SSSR count). The van der Waals surface area contributed by atoms with Crippen LogP contribution < -0.4 is 26.6 Å². The Morgan fingerprint density at radius 3 is 2.35 bits per heavy atom. The number of unbranched alkanes of at least 4 members (excludes halogenated alkanes) is 3. The lowest BCUT2D eigenvalue weighted by Crippen LogP contribution is -2.54. The maximum Gasteiger partial charge on any atom is 0.249 e. The van der Waals surface area contributed by atoms with Crippen molar-refractivity contribution in [3.05, 3.63) is 0 Å². The minimum atomic E-state index is -3.34. The Hall–Kier alpha value is -3.13. The van der Waals surface area contributed by atoms with Gasteiger partial charge in [-0.1, -0.05) is 44.9 Å². The highest BCUT2D eigenvalue weighted by Crippen LogP contribution is 2.44. The fraction of sp³-hybridized carbons (Fsp3) is 0.841. The van der Waals surface area contributed by atoms with Crippen molar-refractivity contribution in [2.45, 2.75) is 146 Å². The maximum absolute atomic E-state index is 13.4. The first-order valence-electron chi connectivity index (χ1n) is 23.7. The van der Waals surface area contributed by atoms with Crippen LogP contribution in [0.3, 0.4) is 0 Å². The molecule has 0 aromatic carbocycles. The Morgan fingerprint density at radius 2 is 1.57 bits per heavy atom. The van der Waals surface area contributed by atoms with Crippen molar-refractivity contribution in [1.82, 2.24) is 35.8 Å². The molecular weight excluding hydrogens is 851 g/mol. The first kappa shape index (κ1) is 47.8. The third-order valence-corrected chi connectivity index (χ3v) is 17.4. The Kier molecular flexibility index (Phi) is 16.6. The molecule has 63 heavy (non-hydrogen) atoms. The largest absolute Gasteiger partial charge is 0.377 e. The first-order chi connectivity index (χ1) is 30.2. The summed E-state index contributed by atoms with van der Waals surface area (Å²) >= 11 is 1.69. The van der Waals surface area contributed by atoms with E-state index in [2.05, 4.69) is 26.6 Å². The van der Waals surface area contributed by atoms with E-state index in [9.17, 15) is 42.0 Å². The number of thioether (sulfide) groups is 1. The van der Waals surface area contributed by atoms with Crippen LogP contribution in [0.15, 0.2) is 0 Å². The fourth-order valence-electron chi connectivity index (χ4n) is 11.6. The zero-order valence-electron chi connectivity index (χ0n) is 36.8. The molecule has 0 spiro atoms. The molecule has 7 fully saturated rings. The minimum absolute atomic E-state index is 0.105. The molecular formula is C44H69N7O10S2. The van der Waals surface area contributed by atoms with E-state index >= 15 is 0 Å². The van der Waals surface area contributed by atoms with Gasteiger partial charge in [0.1, 0.15) is 11.5 Å². The highest BCUT2D eigenvalue weighted by molar-refractivity contribution is 8.00. The number of rotatable bonds is 18. The number of hydrogen-bond donors (Lipinski definition) is 5. The van der Waals surface area contributed by atoms with Crippen molar-refractivity contribution in [1.29, 1.82) is 0 Å². The van der Waals surface area contributed by atoms with Crippen LogP contribution in [0.1, 0.15) is 122 Å². The number of imide groups is 2. The highest BCUT2D eigenvalue weighted by Gasteiger charge is 2.56. The van der Waals surface area contributed by atoms with Crippen LogP contribution in [0.4, 0.5) is 0 Å². The molecule has 3 aliphatic carbocycles. The van der Waals surface area contributed by atoms with Crippen LogP contribution in [0.25, 0.3) is 0 Å². The van der Waals surface area contributed by atoms with Gasteiger partial charge in [0, 0.05) is 50.9 Å². The van der Waals surface area contributed by atoms with Gasteiger partial charge >= 0.3 is 0 Å². The highest BCUT2D eigenvalue weighted by atomic mass is 32.2. The Balaban J connectivity index is 0.735. The molecule has 3 saturated carbocycles. The molecule has 5 N–H and O–H groups in total. The van der Waals surface area contributed by atoms with E-state index in [0.717, 1.165) is 68.4 Å². The van der Waals surface area contributed by atoms with Crippen LogP contribution in [-0.4, -0.2) is 127 Å². The Bertz CT molecular complexity index is 1820. The van der Waals surface area contributed by atoms with Crippen molar-refractivity contribution in [3.8, 4) is 0 Å². The van der Waals surface area contributed by atoms with E-state index in [4.69, 9.17) is 4.74 Å².